The lowest BCUT2D eigenvalue weighted by Crippen LogP contribution is -2.42. The van der Waals surface area contributed by atoms with Crippen LogP contribution in [0.1, 0.15) is 31.2 Å². The van der Waals surface area contributed by atoms with Crippen LogP contribution in [0.4, 0.5) is 22.2 Å². The van der Waals surface area contributed by atoms with Crippen LogP contribution in [0.3, 0.4) is 0 Å². The predicted molar refractivity (Wildman–Crippen MR) is 114 cm³/mol. The number of hydrogen-bond donors (Lipinski definition) is 3. The first kappa shape index (κ1) is 20.2. The number of halogens is 1. The number of amides is 2. The van der Waals surface area contributed by atoms with Gasteiger partial charge in [0.25, 0.3) is 0 Å². The van der Waals surface area contributed by atoms with Gasteiger partial charge in [0.1, 0.15) is 5.82 Å². The molecule has 0 spiro atoms. The highest BCUT2D eigenvalue weighted by atomic mass is 35.5. The van der Waals surface area contributed by atoms with Gasteiger partial charge in [-0.3, -0.25) is 0 Å². The number of aromatic nitrogens is 2. The minimum absolute atomic E-state index is 0.159. The Morgan fingerprint density at radius 1 is 1.14 bits per heavy atom. The van der Waals surface area contributed by atoms with Gasteiger partial charge in [-0.25, -0.2) is 9.78 Å². The maximum atomic E-state index is 12.3. The number of carbonyl (C=O) groups excluding carboxylic acids is 1. The van der Waals surface area contributed by atoms with E-state index in [9.17, 15) is 4.79 Å². The number of hydrogen-bond acceptors (Lipinski definition) is 5. The van der Waals surface area contributed by atoms with Crippen molar-refractivity contribution in [2.24, 2.45) is 0 Å². The summed E-state index contributed by atoms with van der Waals surface area (Å²) in [6, 6.07) is 7.65. The monoisotopic (exact) mass is 402 g/mol. The molecule has 0 radical (unpaired) electrons. The van der Waals surface area contributed by atoms with E-state index >= 15 is 0 Å². The number of rotatable bonds is 5. The highest BCUT2D eigenvalue weighted by Crippen LogP contribution is 2.24. The molecule has 3 rings (SSSR count). The van der Waals surface area contributed by atoms with Crippen LogP contribution < -0.4 is 20.9 Å². The molecular formula is C20H27ClN6O. The molecule has 2 aromatic rings. The molecular weight excluding hydrogens is 376 g/mol. The van der Waals surface area contributed by atoms with Crippen LogP contribution in [0.15, 0.2) is 30.5 Å². The van der Waals surface area contributed by atoms with Gasteiger partial charge in [0, 0.05) is 43.1 Å². The second-order valence-corrected chi connectivity index (χ2v) is 7.74. The number of anilines is 3. The highest BCUT2D eigenvalue weighted by Gasteiger charge is 2.23. The molecule has 28 heavy (non-hydrogen) atoms. The van der Waals surface area contributed by atoms with E-state index in [1.807, 2.05) is 50.2 Å². The Labute approximate surface area is 170 Å². The van der Waals surface area contributed by atoms with Crippen LogP contribution in [0.2, 0.25) is 5.02 Å². The van der Waals surface area contributed by atoms with Crippen LogP contribution >= 0.6 is 11.6 Å². The van der Waals surface area contributed by atoms with Gasteiger partial charge >= 0.3 is 6.03 Å². The third-order valence-corrected chi connectivity index (χ3v) is 5.42. The highest BCUT2D eigenvalue weighted by molar-refractivity contribution is 6.31. The van der Waals surface area contributed by atoms with Crippen molar-refractivity contribution < 1.29 is 4.79 Å². The van der Waals surface area contributed by atoms with Gasteiger partial charge in [-0.05, 0) is 56.4 Å². The molecule has 1 aromatic heterocycles. The molecule has 3 N–H and O–H groups in total. The van der Waals surface area contributed by atoms with Crippen molar-refractivity contribution in [3.8, 4) is 0 Å². The normalized spacial score (nSPS) is 19.0. The standard InChI is InChI=1S/C20H27ClN6O/c1-13-16(21)5-4-6-17(13)25-20(28)24-15-9-7-14(8-10-15)23-19-22-12-11-18(26-19)27(2)3/h4-6,11-12,14-15H,7-10H2,1-3H3,(H,22,23,26)(H2,24,25,28). The van der Waals surface area contributed by atoms with Gasteiger partial charge in [0.2, 0.25) is 5.95 Å². The Kier molecular flexibility index (Phi) is 6.57. The van der Waals surface area contributed by atoms with E-state index in [0.717, 1.165) is 42.8 Å². The van der Waals surface area contributed by atoms with E-state index < -0.39 is 0 Å². The predicted octanol–water partition coefficient (Wildman–Crippen LogP) is 4.05. The Hall–Kier alpha value is -2.54. The smallest absolute Gasteiger partial charge is 0.319 e. The first-order chi connectivity index (χ1) is 13.4. The average Bonchev–Trinajstić information content (AvgIpc) is 2.67. The zero-order valence-corrected chi connectivity index (χ0v) is 17.3. The number of nitrogens with one attached hydrogen (secondary N) is 3. The van der Waals surface area contributed by atoms with E-state index in [2.05, 4.69) is 25.9 Å². The summed E-state index contributed by atoms with van der Waals surface area (Å²) in [5.41, 5.74) is 1.60. The fourth-order valence-corrected chi connectivity index (χ4v) is 3.49. The van der Waals surface area contributed by atoms with Gasteiger partial charge in [0.05, 0.1) is 0 Å². The molecule has 1 fully saturated rings. The first-order valence-electron chi connectivity index (χ1n) is 9.52. The molecule has 1 saturated carbocycles. The zero-order valence-electron chi connectivity index (χ0n) is 16.5. The fraction of sp³-hybridized carbons (Fsp3) is 0.450. The first-order valence-corrected chi connectivity index (χ1v) is 9.89. The quantitative estimate of drug-likeness (QED) is 0.702. The maximum absolute atomic E-state index is 12.3. The zero-order chi connectivity index (χ0) is 20.1. The van der Waals surface area contributed by atoms with Crippen molar-refractivity contribution in [3.63, 3.8) is 0 Å². The van der Waals surface area contributed by atoms with E-state index in [4.69, 9.17) is 11.6 Å². The molecule has 7 nitrogen and oxygen atoms in total. The summed E-state index contributed by atoms with van der Waals surface area (Å²) in [6.07, 6.45) is 5.49. The van der Waals surface area contributed by atoms with Crippen molar-refractivity contribution >= 4 is 35.1 Å². The SMILES string of the molecule is Cc1c(Cl)cccc1NC(=O)NC1CCC(Nc2nccc(N(C)C)n2)CC1. The van der Waals surface area contributed by atoms with E-state index in [1.165, 1.54) is 0 Å². The van der Waals surface area contributed by atoms with Crippen LogP contribution in [0.25, 0.3) is 0 Å². The van der Waals surface area contributed by atoms with Gasteiger partial charge in [-0.15, -0.1) is 0 Å². The average molecular weight is 403 g/mol. The van der Waals surface area contributed by atoms with Crippen LogP contribution in [0.5, 0.6) is 0 Å². The largest absolute Gasteiger partial charge is 0.363 e. The lowest BCUT2D eigenvalue weighted by molar-refractivity contribution is 0.243. The Balaban J connectivity index is 1.47. The third kappa shape index (κ3) is 5.25. The van der Waals surface area contributed by atoms with Crippen molar-refractivity contribution in [3.05, 3.63) is 41.0 Å². The molecule has 1 aliphatic carbocycles. The maximum Gasteiger partial charge on any atom is 0.319 e. The molecule has 1 aliphatic rings. The molecule has 150 valence electrons. The van der Waals surface area contributed by atoms with E-state index in [1.54, 1.807) is 6.20 Å². The summed E-state index contributed by atoms with van der Waals surface area (Å²) in [6.45, 7) is 1.89. The number of carbonyl (C=O) groups is 1. The van der Waals surface area contributed by atoms with Crippen molar-refractivity contribution in [1.82, 2.24) is 15.3 Å². The molecule has 0 aliphatic heterocycles. The summed E-state index contributed by atoms with van der Waals surface area (Å²) in [5.74, 6) is 1.53. The molecule has 0 atom stereocenters. The Morgan fingerprint density at radius 2 is 1.86 bits per heavy atom. The third-order valence-electron chi connectivity index (χ3n) is 5.01. The summed E-state index contributed by atoms with van der Waals surface area (Å²) in [5, 5.41) is 10.0. The fourth-order valence-electron chi connectivity index (χ4n) is 3.32. The summed E-state index contributed by atoms with van der Waals surface area (Å²) in [7, 11) is 3.91. The molecule has 2 amide bonds. The minimum atomic E-state index is -0.191. The summed E-state index contributed by atoms with van der Waals surface area (Å²) in [4.78, 5) is 23.1. The van der Waals surface area contributed by atoms with Gasteiger partial charge in [-0.2, -0.15) is 4.98 Å². The number of urea groups is 1. The van der Waals surface area contributed by atoms with E-state index in [0.29, 0.717) is 17.0 Å². The minimum Gasteiger partial charge on any atom is -0.363 e. The van der Waals surface area contributed by atoms with Gasteiger partial charge in [0.15, 0.2) is 0 Å². The molecule has 0 unspecified atom stereocenters. The molecule has 1 heterocycles. The second kappa shape index (κ2) is 9.10. The molecule has 1 aromatic carbocycles. The number of nitrogens with zero attached hydrogens (tertiary/aromatic N) is 3. The molecule has 8 heteroatoms. The van der Waals surface area contributed by atoms with Crippen LogP contribution in [0, 0.1) is 6.92 Å². The summed E-state index contributed by atoms with van der Waals surface area (Å²) >= 11 is 6.11. The summed E-state index contributed by atoms with van der Waals surface area (Å²) < 4.78 is 0. The Bertz CT molecular complexity index is 820. The lowest BCUT2D eigenvalue weighted by Gasteiger charge is -2.30. The van der Waals surface area contributed by atoms with Gasteiger partial charge < -0.3 is 20.9 Å². The number of benzene rings is 1. The Morgan fingerprint density at radius 3 is 2.57 bits per heavy atom. The topological polar surface area (TPSA) is 82.2 Å². The van der Waals surface area contributed by atoms with Crippen LogP contribution in [-0.4, -0.2) is 42.2 Å². The van der Waals surface area contributed by atoms with Gasteiger partial charge in [-0.1, -0.05) is 17.7 Å². The van der Waals surface area contributed by atoms with Crippen molar-refractivity contribution in [1.29, 1.82) is 0 Å². The lowest BCUT2D eigenvalue weighted by atomic mass is 9.91. The second-order valence-electron chi connectivity index (χ2n) is 7.34. The molecule has 0 bridgehead atoms. The van der Waals surface area contributed by atoms with Crippen molar-refractivity contribution in [2.75, 3.05) is 29.6 Å². The van der Waals surface area contributed by atoms with E-state index in [-0.39, 0.29) is 12.1 Å². The molecule has 0 saturated heterocycles. The van der Waals surface area contributed by atoms with Crippen molar-refractivity contribution in [2.45, 2.75) is 44.7 Å². The van der Waals surface area contributed by atoms with Crippen LogP contribution in [-0.2, 0) is 0 Å².